The number of rotatable bonds is 4. The topological polar surface area (TPSA) is 73.0 Å². The molecule has 0 radical (unpaired) electrons. The molecule has 0 aliphatic rings. The fourth-order valence-electron chi connectivity index (χ4n) is 2.00. The molecule has 0 saturated heterocycles. The highest BCUT2D eigenvalue weighted by Gasteiger charge is 2.14. The fourth-order valence-corrected chi connectivity index (χ4v) is 2.20. The van der Waals surface area contributed by atoms with Gasteiger partial charge in [0.2, 0.25) is 5.76 Å². The van der Waals surface area contributed by atoms with Crippen LogP contribution in [0.25, 0.3) is 0 Å². The number of anilines is 1. The number of nitrogens with zero attached hydrogens (tertiary/aromatic N) is 3. The quantitative estimate of drug-likeness (QED) is 0.802. The summed E-state index contributed by atoms with van der Waals surface area (Å²) < 4.78 is 6.59. The van der Waals surface area contributed by atoms with E-state index in [2.05, 4.69) is 15.6 Å². The summed E-state index contributed by atoms with van der Waals surface area (Å²) in [5.74, 6) is 0.337. The Morgan fingerprint density at radius 1 is 1.36 bits per heavy atom. The zero-order valence-corrected chi connectivity index (χ0v) is 12.5. The molecular formula is C15H13ClN4O2. The highest BCUT2D eigenvalue weighted by molar-refractivity contribution is 6.31. The third-order valence-electron chi connectivity index (χ3n) is 3.09. The van der Waals surface area contributed by atoms with Crippen LogP contribution in [0.1, 0.15) is 21.8 Å². The van der Waals surface area contributed by atoms with Crippen molar-refractivity contribution in [3.05, 3.63) is 64.6 Å². The van der Waals surface area contributed by atoms with Crippen molar-refractivity contribution >= 4 is 23.3 Å². The van der Waals surface area contributed by atoms with E-state index in [1.807, 2.05) is 24.3 Å². The van der Waals surface area contributed by atoms with Crippen molar-refractivity contribution in [1.82, 2.24) is 14.9 Å². The third kappa shape index (κ3) is 3.01. The summed E-state index contributed by atoms with van der Waals surface area (Å²) >= 11 is 6.15. The molecule has 0 unspecified atom stereocenters. The Morgan fingerprint density at radius 2 is 2.18 bits per heavy atom. The van der Waals surface area contributed by atoms with Crippen LogP contribution in [0.5, 0.6) is 0 Å². The molecule has 6 nitrogen and oxygen atoms in total. The Bertz CT molecular complexity index is 809. The summed E-state index contributed by atoms with van der Waals surface area (Å²) in [6, 6.07) is 10.8. The molecule has 0 spiro atoms. The van der Waals surface area contributed by atoms with Gasteiger partial charge in [0.05, 0.1) is 18.4 Å². The molecule has 112 valence electrons. The van der Waals surface area contributed by atoms with Gasteiger partial charge in [-0.15, -0.1) is 0 Å². The Hall–Kier alpha value is -2.60. The lowest BCUT2D eigenvalue weighted by molar-refractivity contribution is 0.0987. The maximum atomic E-state index is 12.1. The minimum Gasteiger partial charge on any atom is -0.351 e. The molecule has 0 atom stereocenters. The van der Waals surface area contributed by atoms with Crippen LogP contribution in [-0.2, 0) is 6.54 Å². The van der Waals surface area contributed by atoms with Gasteiger partial charge in [0.25, 0.3) is 5.91 Å². The number of carbonyl (C=O) groups is 1. The van der Waals surface area contributed by atoms with Crippen molar-refractivity contribution in [2.24, 2.45) is 0 Å². The molecule has 0 aliphatic carbocycles. The van der Waals surface area contributed by atoms with Crippen LogP contribution in [0.4, 0.5) is 5.82 Å². The Balaban J connectivity index is 1.78. The van der Waals surface area contributed by atoms with Crippen LogP contribution in [0.15, 0.2) is 47.1 Å². The zero-order valence-electron chi connectivity index (χ0n) is 11.8. The van der Waals surface area contributed by atoms with E-state index in [0.717, 1.165) is 5.56 Å². The van der Waals surface area contributed by atoms with Crippen LogP contribution in [0, 0.1) is 6.92 Å². The van der Waals surface area contributed by atoms with E-state index >= 15 is 0 Å². The third-order valence-corrected chi connectivity index (χ3v) is 3.46. The summed E-state index contributed by atoms with van der Waals surface area (Å²) in [7, 11) is 0. The molecule has 0 aliphatic heterocycles. The number of carbonyl (C=O) groups excluding carboxylic acids is 1. The van der Waals surface area contributed by atoms with Gasteiger partial charge in [0.15, 0.2) is 0 Å². The number of halogens is 1. The van der Waals surface area contributed by atoms with Crippen LogP contribution >= 0.6 is 11.6 Å². The largest absolute Gasteiger partial charge is 0.351 e. The minimum absolute atomic E-state index is 0.156. The molecule has 22 heavy (non-hydrogen) atoms. The van der Waals surface area contributed by atoms with E-state index in [1.165, 1.54) is 0 Å². The molecular weight excluding hydrogens is 304 g/mol. The van der Waals surface area contributed by atoms with Crippen molar-refractivity contribution in [2.75, 3.05) is 5.32 Å². The van der Waals surface area contributed by atoms with Crippen LogP contribution in [0.3, 0.4) is 0 Å². The summed E-state index contributed by atoms with van der Waals surface area (Å²) in [5, 5.41) is 11.3. The van der Waals surface area contributed by atoms with Crippen molar-refractivity contribution in [3.8, 4) is 0 Å². The van der Waals surface area contributed by atoms with Crippen LogP contribution in [0.2, 0.25) is 5.02 Å². The zero-order chi connectivity index (χ0) is 15.5. The van der Waals surface area contributed by atoms with Gasteiger partial charge in [0, 0.05) is 17.2 Å². The van der Waals surface area contributed by atoms with Crippen LogP contribution in [-0.4, -0.2) is 20.8 Å². The van der Waals surface area contributed by atoms with Gasteiger partial charge >= 0.3 is 0 Å². The molecule has 7 heteroatoms. The van der Waals surface area contributed by atoms with E-state index in [-0.39, 0.29) is 11.7 Å². The molecule has 0 fully saturated rings. The Labute approximate surface area is 131 Å². The highest BCUT2D eigenvalue weighted by atomic mass is 35.5. The average Bonchev–Trinajstić information content (AvgIpc) is 3.11. The molecule has 3 aromatic rings. The molecule has 3 rings (SSSR count). The maximum Gasteiger partial charge on any atom is 0.295 e. The van der Waals surface area contributed by atoms with E-state index < -0.39 is 0 Å². The van der Waals surface area contributed by atoms with Gasteiger partial charge in [-0.2, -0.15) is 5.10 Å². The van der Waals surface area contributed by atoms with E-state index in [0.29, 0.717) is 23.1 Å². The van der Waals surface area contributed by atoms with Gasteiger partial charge < -0.3 is 9.84 Å². The lowest BCUT2D eigenvalue weighted by Crippen LogP contribution is -2.15. The number of aromatic nitrogens is 3. The average molecular weight is 317 g/mol. The minimum atomic E-state index is -0.374. The number of hydrogen-bond donors (Lipinski definition) is 1. The number of hydrogen-bond acceptors (Lipinski definition) is 4. The standard InChI is InChI=1S/C15H13ClN4O2/c1-10-8-13(22-19-10)15(21)18-14-6-7-17-20(14)9-11-4-2-3-5-12(11)16/h2-8H,9H2,1H3,(H,18,21). The lowest BCUT2D eigenvalue weighted by atomic mass is 10.2. The monoisotopic (exact) mass is 316 g/mol. The van der Waals surface area contributed by atoms with Gasteiger partial charge in [-0.1, -0.05) is 35.0 Å². The number of benzene rings is 1. The second-order valence-corrected chi connectivity index (χ2v) is 5.16. The van der Waals surface area contributed by atoms with Gasteiger partial charge in [-0.25, -0.2) is 4.68 Å². The first-order chi connectivity index (χ1) is 10.6. The van der Waals surface area contributed by atoms with Crippen molar-refractivity contribution in [2.45, 2.75) is 13.5 Å². The maximum absolute atomic E-state index is 12.1. The van der Waals surface area contributed by atoms with Crippen molar-refractivity contribution < 1.29 is 9.32 Å². The predicted octanol–water partition coefficient (Wildman–Crippen LogP) is 3.13. The molecule has 2 heterocycles. The number of aryl methyl sites for hydroxylation is 1. The van der Waals surface area contributed by atoms with E-state index in [1.54, 1.807) is 29.9 Å². The first-order valence-electron chi connectivity index (χ1n) is 6.63. The normalized spacial score (nSPS) is 10.6. The fraction of sp³-hybridized carbons (Fsp3) is 0.133. The lowest BCUT2D eigenvalue weighted by Gasteiger charge is -2.09. The molecule has 0 saturated carbocycles. The molecule has 0 bridgehead atoms. The van der Waals surface area contributed by atoms with Crippen molar-refractivity contribution in [1.29, 1.82) is 0 Å². The highest BCUT2D eigenvalue weighted by Crippen LogP contribution is 2.18. The SMILES string of the molecule is Cc1cc(C(=O)Nc2ccnn2Cc2ccccc2Cl)on1. The van der Waals surface area contributed by atoms with Gasteiger partial charge in [0.1, 0.15) is 5.82 Å². The molecule has 1 N–H and O–H groups in total. The van der Waals surface area contributed by atoms with E-state index in [9.17, 15) is 4.79 Å². The summed E-state index contributed by atoms with van der Waals surface area (Å²) in [6.45, 7) is 2.21. The second-order valence-electron chi connectivity index (χ2n) is 4.75. The first kappa shape index (κ1) is 14.3. The first-order valence-corrected chi connectivity index (χ1v) is 7.01. The van der Waals surface area contributed by atoms with Crippen molar-refractivity contribution in [3.63, 3.8) is 0 Å². The molecule has 1 amide bonds. The smallest absolute Gasteiger partial charge is 0.295 e. The number of nitrogens with one attached hydrogen (secondary N) is 1. The Kier molecular flexibility index (Phi) is 3.93. The molecule has 2 aromatic heterocycles. The Morgan fingerprint density at radius 3 is 2.91 bits per heavy atom. The van der Waals surface area contributed by atoms with Crippen LogP contribution < -0.4 is 5.32 Å². The molecule has 1 aromatic carbocycles. The second kappa shape index (κ2) is 6.03. The number of amides is 1. The summed E-state index contributed by atoms with van der Waals surface area (Å²) in [5.41, 5.74) is 1.56. The summed E-state index contributed by atoms with van der Waals surface area (Å²) in [6.07, 6.45) is 1.61. The van der Waals surface area contributed by atoms with E-state index in [4.69, 9.17) is 16.1 Å². The summed E-state index contributed by atoms with van der Waals surface area (Å²) in [4.78, 5) is 12.1. The predicted molar refractivity (Wildman–Crippen MR) is 82.0 cm³/mol. The van der Waals surface area contributed by atoms with Gasteiger partial charge in [-0.3, -0.25) is 4.79 Å². The van der Waals surface area contributed by atoms with Gasteiger partial charge in [-0.05, 0) is 18.6 Å².